The van der Waals surface area contributed by atoms with Crippen LogP contribution in [-0.4, -0.2) is 112 Å². The smallest absolute Gasteiger partial charge is 0.425 e. The van der Waals surface area contributed by atoms with Gasteiger partial charge in [-0.25, -0.2) is 0 Å². The molecule has 0 radical (unpaired) electrons. The van der Waals surface area contributed by atoms with Crippen LogP contribution in [0.15, 0.2) is 132 Å². The highest BCUT2D eigenvalue weighted by Crippen LogP contribution is 2.43. The summed E-state index contributed by atoms with van der Waals surface area (Å²) in [5.74, 6) is -2.29. The van der Waals surface area contributed by atoms with Gasteiger partial charge < -0.3 is 26.4 Å². The van der Waals surface area contributed by atoms with Gasteiger partial charge in [-0.3, -0.25) is 22.8 Å². The number of benzene rings is 6. The van der Waals surface area contributed by atoms with Gasteiger partial charge in [-0.2, -0.15) is 72.0 Å². The van der Waals surface area contributed by atoms with Gasteiger partial charge in [0.2, 0.25) is 34.4 Å². The number of aromatic hydroxyl groups is 1. The summed E-state index contributed by atoms with van der Waals surface area (Å²) in [6, 6.07) is 17.5. The van der Waals surface area contributed by atoms with Gasteiger partial charge in [0.15, 0.2) is 5.75 Å². The second-order valence-electron chi connectivity index (χ2n) is 14.8. The average Bonchev–Trinajstić information content (AvgIpc) is 3.28. The molecule has 0 aliphatic rings. The fourth-order valence-electron chi connectivity index (χ4n) is 6.80. The van der Waals surface area contributed by atoms with Crippen LogP contribution in [0.2, 0.25) is 10.6 Å². The summed E-state index contributed by atoms with van der Waals surface area (Å²) < 4.78 is 197. The van der Waals surface area contributed by atoms with Crippen molar-refractivity contribution in [2.45, 2.75) is 24.5 Å². The summed E-state index contributed by atoms with van der Waals surface area (Å²) in [6.07, 6.45) is 0. The number of halogens is 2. The van der Waals surface area contributed by atoms with Crippen molar-refractivity contribution in [1.82, 2.24) is 29.9 Å². The molecule has 0 atom stereocenters. The number of nitrogens with one attached hydrogen (secondary N) is 4. The van der Waals surface area contributed by atoms with E-state index in [-0.39, 0.29) is 56.2 Å². The van der Waals surface area contributed by atoms with Crippen molar-refractivity contribution < 1.29 is 82.6 Å². The number of fused-ring (bicyclic) bond motifs is 2. The topological polar surface area (TPSA) is 493 Å². The highest BCUT2D eigenvalue weighted by Gasteiger charge is 2.25. The lowest BCUT2D eigenvalue weighted by Gasteiger charge is -2.15. The van der Waals surface area contributed by atoms with E-state index in [1.165, 1.54) is 18.2 Å². The summed E-state index contributed by atoms with van der Waals surface area (Å²) in [6.45, 7) is 0. The lowest BCUT2D eigenvalue weighted by atomic mass is 10.1. The number of phenols is 1. The summed E-state index contributed by atoms with van der Waals surface area (Å²) in [7, 11) is -27.7. The number of azo groups is 1. The molecule has 0 aliphatic carbocycles. The number of hydrogen-bond acceptors (Lipinski definition) is 26. The third-order valence-corrected chi connectivity index (χ3v) is 14.5. The Hall–Kier alpha value is -7.79. The third-order valence-electron chi connectivity index (χ3n) is 9.70. The van der Waals surface area contributed by atoms with Crippen LogP contribution in [0, 0.1) is 0 Å². The first-order valence-electron chi connectivity index (χ1n) is 19.8. The van der Waals surface area contributed by atoms with Crippen molar-refractivity contribution in [3.63, 3.8) is 0 Å². The van der Waals surface area contributed by atoms with Crippen LogP contribution in [-0.2, 0) is 61.2 Å². The molecule has 0 amide bonds. The molecule has 8 rings (SSSR count). The van der Waals surface area contributed by atoms with Crippen molar-refractivity contribution in [1.29, 1.82) is 0 Å². The van der Waals surface area contributed by atoms with Crippen molar-refractivity contribution in [3.05, 3.63) is 108 Å². The molecule has 10 N–H and O–H groups in total. The highest BCUT2D eigenvalue weighted by molar-refractivity contribution is 7.87. The molecule has 0 unspecified atom stereocenters. The van der Waals surface area contributed by atoms with E-state index in [4.69, 9.17) is 35.8 Å². The molecular weight excluding hydrogens is 1190 g/mol. The van der Waals surface area contributed by atoms with E-state index in [1.807, 2.05) is 0 Å². The molecule has 0 aliphatic heterocycles. The van der Waals surface area contributed by atoms with Crippen LogP contribution in [0.25, 0.3) is 21.5 Å². The Morgan fingerprint density at radius 2 is 0.961 bits per heavy atom. The van der Waals surface area contributed by atoms with E-state index in [1.54, 1.807) is 0 Å². The van der Waals surface area contributed by atoms with Crippen LogP contribution >= 0.6 is 23.2 Å². The van der Waals surface area contributed by atoms with E-state index in [2.05, 4.69) is 61.4 Å². The molecule has 6 aromatic carbocycles. The number of nitrogens with zero attached hydrogens (tertiary/aromatic N) is 8. The highest BCUT2D eigenvalue weighted by atomic mass is 35.5. The maximum atomic E-state index is 12.6. The van der Waals surface area contributed by atoms with Gasteiger partial charge >= 0.3 is 10.6 Å². The second-order valence-corrected chi connectivity index (χ2v) is 22.9. The van der Waals surface area contributed by atoms with E-state index < -0.39 is 125 Å². The van der Waals surface area contributed by atoms with E-state index in [0.717, 1.165) is 78.9 Å². The van der Waals surface area contributed by atoms with Crippen molar-refractivity contribution in [2.24, 2.45) is 10.2 Å². The van der Waals surface area contributed by atoms with Gasteiger partial charge in [0.25, 0.3) is 50.6 Å². The first-order valence-corrected chi connectivity index (χ1v) is 28.8. The Labute approximate surface area is 443 Å². The Morgan fingerprint density at radius 3 is 1.51 bits per heavy atom. The third kappa shape index (κ3) is 14.0. The Morgan fingerprint density at radius 1 is 0.455 bits per heavy atom. The summed E-state index contributed by atoms with van der Waals surface area (Å²) in [4.78, 5) is 20.5. The molecule has 77 heavy (non-hydrogen) atoms. The molecule has 0 bridgehead atoms. The normalized spacial score (nSPS) is 12.2. The number of anilines is 8. The zero-order valence-corrected chi connectivity index (χ0v) is 43.4. The van der Waals surface area contributed by atoms with Crippen LogP contribution < -0.4 is 21.3 Å². The summed E-state index contributed by atoms with van der Waals surface area (Å²) >= 11 is 12.3. The van der Waals surface area contributed by atoms with Crippen LogP contribution in [0.1, 0.15) is 0 Å². The standard InChI is InChI=1S/C38H26Cl2N12O16S5.O3S/c39-33-45-35(41-18-3-1-4-20(14-18)69(54,55)56)49-37(47-33)43-26-15-19(8-12-29(26)72(63,64)65)42-36-46-34(40)48-38(50-36)44-27-16-21(70(57,58)59)13-17-7-10-24(31(53)30(17)27)51-52-25-11-9-22-23(32(25)73(66,67)68)5-2-6-28(22)71(60,61)62;1-4(2)3/h1-16,53H,(H,54,55,56)(H,57,58,59)(H,60,61,62)(H,63,64,65)(H,66,67,68)(H2,41,43,45,47,49)(H2,42,44,46,48,50);. The van der Waals surface area contributed by atoms with Crippen LogP contribution in [0.3, 0.4) is 0 Å². The first kappa shape index (κ1) is 56.9. The number of hydrogen-bond donors (Lipinski definition) is 10. The summed E-state index contributed by atoms with van der Waals surface area (Å²) in [5.41, 5.74) is -1.63. The molecule has 8 aromatic rings. The van der Waals surface area contributed by atoms with Crippen LogP contribution in [0.5, 0.6) is 5.75 Å². The predicted molar refractivity (Wildman–Crippen MR) is 268 cm³/mol. The quantitative estimate of drug-likeness (QED) is 0.0416. The van der Waals surface area contributed by atoms with Crippen molar-refractivity contribution in [2.75, 3.05) is 21.3 Å². The van der Waals surface area contributed by atoms with Gasteiger partial charge in [0, 0.05) is 27.5 Å². The molecule has 0 spiro atoms. The zero-order chi connectivity index (χ0) is 56.6. The minimum Gasteiger partial charge on any atom is -0.505 e. The molecule has 402 valence electrons. The zero-order valence-electron chi connectivity index (χ0n) is 37.0. The van der Waals surface area contributed by atoms with Crippen molar-refractivity contribution in [3.8, 4) is 5.75 Å². The second kappa shape index (κ2) is 21.7. The molecule has 0 saturated heterocycles. The fourth-order valence-corrected chi connectivity index (χ4v) is 10.3. The van der Waals surface area contributed by atoms with Gasteiger partial charge in [-0.05, 0) is 95.3 Å². The lowest BCUT2D eigenvalue weighted by Crippen LogP contribution is -2.09. The Bertz CT molecular complexity index is 4510. The minimum absolute atomic E-state index is 0.0162. The molecule has 31 nitrogen and oxygen atoms in total. The maximum Gasteiger partial charge on any atom is 0.425 e. The number of rotatable bonds is 15. The average molecular weight is 1220 g/mol. The minimum atomic E-state index is -5.19. The first-order chi connectivity index (χ1) is 35.7. The predicted octanol–water partition coefficient (Wildman–Crippen LogP) is 5.99. The lowest BCUT2D eigenvalue weighted by molar-refractivity contribution is 0.480. The SMILES string of the molecule is O=S(=O)(O)c1cccc(Nc2nc(Cl)nc(Nc3cc(Nc4nc(Cl)nc(Nc5cc(S(=O)(=O)O)cc6ccc(N=Nc7ccc8c(S(=O)(=O)O)cccc8c7S(=O)(=O)O)c(O)c56)n4)ccc3S(=O)(=O)O)n2)c1.O=S(=O)=O. The van der Waals surface area contributed by atoms with Gasteiger partial charge in [-0.1, -0.05) is 30.3 Å². The molecule has 2 aromatic heterocycles. The maximum absolute atomic E-state index is 12.6. The molecular formula is C38H26Cl2N12O19S6. The van der Waals surface area contributed by atoms with Crippen molar-refractivity contribution >= 4 is 164 Å². The van der Waals surface area contributed by atoms with E-state index in [9.17, 15) is 70.0 Å². The molecule has 39 heteroatoms. The monoisotopic (exact) mass is 1220 g/mol. The largest absolute Gasteiger partial charge is 0.505 e. The number of phenolic OH excluding ortho intramolecular Hbond substituents is 1. The fraction of sp³-hybridized carbons (Fsp3) is 0. The molecule has 0 fully saturated rings. The van der Waals surface area contributed by atoms with Gasteiger partial charge in [0.1, 0.15) is 26.1 Å². The Balaban J connectivity index is 0.00000208. The van der Waals surface area contributed by atoms with E-state index in [0.29, 0.717) is 0 Å². The number of aromatic nitrogens is 6. The van der Waals surface area contributed by atoms with Crippen LogP contribution in [0.4, 0.5) is 57.9 Å². The summed E-state index contributed by atoms with van der Waals surface area (Å²) in [5, 5.41) is 28.1. The molecule has 0 saturated carbocycles. The molecule has 2 heterocycles. The van der Waals surface area contributed by atoms with E-state index >= 15 is 0 Å². The van der Waals surface area contributed by atoms with Gasteiger partial charge in [-0.15, -0.1) is 22.9 Å². The van der Waals surface area contributed by atoms with Gasteiger partial charge in [0.05, 0.1) is 21.2 Å². The Kier molecular flexibility index (Phi) is 16.0.